The fraction of sp³-hybridized carbons (Fsp3) is 0.250. The summed E-state index contributed by atoms with van der Waals surface area (Å²) < 4.78 is 0. The van der Waals surface area contributed by atoms with Gasteiger partial charge in [0.25, 0.3) is 5.91 Å². The number of nitrogens with two attached hydrogens (primary N) is 1. The Bertz CT molecular complexity index is 553. The van der Waals surface area contributed by atoms with Crippen LogP contribution in [0.15, 0.2) is 24.3 Å². The topological polar surface area (TPSA) is 80.9 Å². The first kappa shape index (κ1) is 12.5. The Kier molecular flexibility index (Phi) is 3.88. The molecule has 94 valence electrons. The third kappa shape index (κ3) is 3.27. The van der Waals surface area contributed by atoms with E-state index in [0.717, 1.165) is 10.6 Å². The molecule has 0 radical (unpaired) electrons. The Balaban J connectivity index is 1.85. The van der Waals surface area contributed by atoms with Gasteiger partial charge in [-0.15, -0.1) is 10.2 Å². The lowest BCUT2D eigenvalue weighted by Gasteiger charge is -2.04. The van der Waals surface area contributed by atoms with Crippen LogP contribution >= 0.6 is 11.3 Å². The van der Waals surface area contributed by atoms with Crippen molar-refractivity contribution >= 4 is 22.4 Å². The van der Waals surface area contributed by atoms with Crippen molar-refractivity contribution in [1.82, 2.24) is 15.5 Å². The van der Waals surface area contributed by atoms with Crippen LogP contribution in [0.3, 0.4) is 0 Å². The predicted octanol–water partition coefficient (Wildman–Crippen LogP) is 1.40. The van der Waals surface area contributed by atoms with E-state index in [2.05, 4.69) is 15.5 Å². The lowest BCUT2D eigenvalue weighted by molar-refractivity contribution is 0.0954. The summed E-state index contributed by atoms with van der Waals surface area (Å²) in [5, 5.41) is 11.7. The summed E-state index contributed by atoms with van der Waals surface area (Å²) in [7, 11) is 0. The summed E-state index contributed by atoms with van der Waals surface area (Å²) in [6.07, 6.45) is 0.645. The van der Waals surface area contributed by atoms with Crippen molar-refractivity contribution in [3.05, 3.63) is 40.4 Å². The number of hydrogen-bond acceptors (Lipinski definition) is 5. The van der Waals surface area contributed by atoms with Crippen LogP contribution in [0.1, 0.15) is 20.9 Å². The van der Waals surface area contributed by atoms with Crippen LogP contribution in [0.2, 0.25) is 0 Å². The van der Waals surface area contributed by atoms with Gasteiger partial charge in [0.15, 0.2) is 0 Å². The molecule has 0 unspecified atom stereocenters. The summed E-state index contributed by atoms with van der Waals surface area (Å²) >= 11 is 1.34. The second-order valence-electron chi connectivity index (χ2n) is 3.91. The molecule has 0 spiro atoms. The molecule has 6 heteroatoms. The molecule has 18 heavy (non-hydrogen) atoms. The number of aromatic nitrogens is 2. The van der Waals surface area contributed by atoms with E-state index in [9.17, 15) is 4.79 Å². The molecule has 0 saturated heterocycles. The van der Waals surface area contributed by atoms with E-state index in [4.69, 9.17) is 5.73 Å². The highest BCUT2D eigenvalue weighted by Gasteiger charge is 2.06. The maximum atomic E-state index is 11.8. The van der Waals surface area contributed by atoms with Crippen molar-refractivity contribution in [2.45, 2.75) is 13.3 Å². The number of nitrogen functional groups attached to an aromatic ring is 1. The van der Waals surface area contributed by atoms with Crippen molar-refractivity contribution < 1.29 is 4.79 Å². The van der Waals surface area contributed by atoms with Gasteiger partial charge in [-0.2, -0.15) is 0 Å². The van der Waals surface area contributed by atoms with Crippen LogP contribution in [-0.2, 0) is 6.42 Å². The van der Waals surface area contributed by atoms with Crippen LogP contribution in [0, 0.1) is 6.92 Å². The SMILES string of the molecule is Cc1cccc(C(=O)NCCc2nnc(N)s2)c1. The van der Waals surface area contributed by atoms with E-state index in [-0.39, 0.29) is 5.91 Å². The molecule has 0 saturated carbocycles. The maximum Gasteiger partial charge on any atom is 0.251 e. The highest BCUT2D eigenvalue weighted by Crippen LogP contribution is 2.10. The first-order chi connectivity index (χ1) is 8.65. The highest BCUT2D eigenvalue weighted by molar-refractivity contribution is 7.15. The number of rotatable bonds is 4. The average molecular weight is 262 g/mol. The Labute approximate surface area is 109 Å². The molecule has 1 aromatic heterocycles. The van der Waals surface area contributed by atoms with Gasteiger partial charge in [-0.1, -0.05) is 29.0 Å². The molecule has 0 aliphatic rings. The number of anilines is 1. The third-order valence-corrected chi connectivity index (χ3v) is 3.20. The number of aryl methyl sites for hydroxylation is 1. The summed E-state index contributed by atoms with van der Waals surface area (Å²) in [6, 6.07) is 7.49. The maximum absolute atomic E-state index is 11.8. The minimum atomic E-state index is -0.0730. The number of carbonyl (C=O) groups is 1. The molecule has 3 N–H and O–H groups in total. The predicted molar refractivity (Wildman–Crippen MR) is 71.5 cm³/mol. The summed E-state index contributed by atoms with van der Waals surface area (Å²) in [6.45, 7) is 2.49. The second-order valence-corrected chi connectivity index (χ2v) is 5.00. The fourth-order valence-corrected chi connectivity index (χ4v) is 2.15. The smallest absolute Gasteiger partial charge is 0.251 e. The molecule has 0 aliphatic heterocycles. The van der Waals surface area contributed by atoms with Crippen LogP contribution in [-0.4, -0.2) is 22.6 Å². The molecule has 1 amide bonds. The number of carbonyl (C=O) groups excluding carboxylic acids is 1. The van der Waals surface area contributed by atoms with Gasteiger partial charge in [-0.25, -0.2) is 0 Å². The van der Waals surface area contributed by atoms with E-state index in [1.165, 1.54) is 11.3 Å². The van der Waals surface area contributed by atoms with E-state index in [1.54, 1.807) is 6.07 Å². The Morgan fingerprint density at radius 3 is 2.94 bits per heavy atom. The summed E-state index contributed by atoms with van der Waals surface area (Å²) in [5.74, 6) is -0.0730. The first-order valence-electron chi connectivity index (χ1n) is 5.58. The van der Waals surface area contributed by atoms with Crippen molar-refractivity contribution in [2.75, 3.05) is 12.3 Å². The average Bonchev–Trinajstić information content (AvgIpc) is 2.75. The van der Waals surface area contributed by atoms with Gasteiger partial charge in [0, 0.05) is 18.5 Å². The zero-order valence-corrected chi connectivity index (χ0v) is 10.8. The highest BCUT2D eigenvalue weighted by atomic mass is 32.1. The van der Waals surface area contributed by atoms with Gasteiger partial charge in [0.2, 0.25) is 5.13 Å². The standard InChI is InChI=1S/C12H14N4OS/c1-8-3-2-4-9(7-8)11(17)14-6-5-10-15-16-12(13)18-10/h2-4,7H,5-6H2,1H3,(H2,13,16)(H,14,17). The van der Waals surface area contributed by atoms with Crippen molar-refractivity contribution in [3.63, 3.8) is 0 Å². The van der Waals surface area contributed by atoms with E-state index >= 15 is 0 Å². The van der Waals surface area contributed by atoms with E-state index < -0.39 is 0 Å². The molecule has 1 heterocycles. The Hall–Kier alpha value is -1.95. The lowest BCUT2D eigenvalue weighted by atomic mass is 10.1. The molecule has 1 aromatic carbocycles. The summed E-state index contributed by atoms with van der Waals surface area (Å²) in [4.78, 5) is 11.8. The molecule has 0 bridgehead atoms. The fourth-order valence-electron chi connectivity index (χ4n) is 1.54. The molecular formula is C12H14N4OS. The van der Waals surface area contributed by atoms with E-state index in [1.807, 2.05) is 25.1 Å². The zero-order valence-electron chi connectivity index (χ0n) is 10.0. The van der Waals surface area contributed by atoms with Gasteiger partial charge >= 0.3 is 0 Å². The molecule has 0 aliphatic carbocycles. The van der Waals surface area contributed by atoms with Gasteiger partial charge < -0.3 is 11.1 Å². The Morgan fingerprint density at radius 2 is 2.28 bits per heavy atom. The van der Waals surface area contributed by atoms with Gasteiger partial charge in [0.1, 0.15) is 5.01 Å². The number of benzene rings is 1. The summed E-state index contributed by atoms with van der Waals surface area (Å²) in [5.41, 5.74) is 7.22. The first-order valence-corrected chi connectivity index (χ1v) is 6.39. The molecule has 2 aromatic rings. The lowest BCUT2D eigenvalue weighted by Crippen LogP contribution is -2.25. The third-order valence-electron chi connectivity index (χ3n) is 2.39. The molecule has 0 atom stereocenters. The molecule has 2 rings (SSSR count). The Morgan fingerprint density at radius 1 is 1.44 bits per heavy atom. The molecule has 0 fully saturated rings. The van der Waals surface area contributed by atoms with Crippen LogP contribution in [0.25, 0.3) is 0 Å². The van der Waals surface area contributed by atoms with Crippen LogP contribution < -0.4 is 11.1 Å². The number of nitrogens with zero attached hydrogens (tertiary/aromatic N) is 2. The number of hydrogen-bond donors (Lipinski definition) is 2. The van der Waals surface area contributed by atoms with E-state index in [0.29, 0.717) is 23.7 Å². The normalized spacial score (nSPS) is 10.3. The zero-order chi connectivity index (χ0) is 13.0. The van der Waals surface area contributed by atoms with Gasteiger partial charge in [-0.05, 0) is 19.1 Å². The van der Waals surface area contributed by atoms with Crippen molar-refractivity contribution in [2.24, 2.45) is 0 Å². The minimum Gasteiger partial charge on any atom is -0.374 e. The monoisotopic (exact) mass is 262 g/mol. The quantitative estimate of drug-likeness (QED) is 0.872. The number of amides is 1. The molecule has 5 nitrogen and oxygen atoms in total. The van der Waals surface area contributed by atoms with Crippen molar-refractivity contribution in [3.8, 4) is 0 Å². The second kappa shape index (κ2) is 5.59. The largest absolute Gasteiger partial charge is 0.374 e. The van der Waals surface area contributed by atoms with Crippen LogP contribution in [0.5, 0.6) is 0 Å². The van der Waals surface area contributed by atoms with Crippen LogP contribution in [0.4, 0.5) is 5.13 Å². The van der Waals surface area contributed by atoms with Crippen molar-refractivity contribution in [1.29, 1.82) is 0 Å². The van der Waals surface area contributed by atoms with Gasteiger partial charge in [0.05, 0.1) is 0 Å². The number of nitrogens with one attached hydrogen (secondary N) is 1. The van der Waals surface area contributed by atoms with Gasteiger partial charge in [-0.3, -0.25) is 4.79 Å². The molecular weight excluding hydrogens is 248 g/mol. The minimum absolute atomic E-state index is 0.0730.